The van der Waals surface area contributed by atoms with Gasteiger partial charge in [0, 0.05) is 12.0 Å². The summed E-state index contributed by atoms with van der Waals surface area (Å²) in [6.45, 7) is 0. The molecule has 0 saturated carbocycles. The van der Waals surface area contributed by atoms with Crippen LogP contribution in [0.1, 0.15) is 22.6 Å². The molecule has 0 radical (unpaired) electrons. The summed E-state index contributed by atoms with van der Waals surface area (Å²) in [7, 11) is 1.69. The molecule has 0 aromatic heterocycles. The van der Waals surface area contributed by atoms with Crippen molar-refractivity contribution in [1.82, 2.24) is 0 Å². The molecule has 0 unspecified atom stereocenters. The van der Waals surface area contributed by atoms with E-state index in [0.29, 0.717) is 5.92 Å². The summed E-state index contributed by atoms with van der Waals surface area (Å²) in [6.07, 6.45) is 2.00. The lowest BCUT2D eigenvalue weighted by Gasteiger charge is -2.17. The van der Waals surface area contributed by atoms with Gasteiger partial charge in [-0.05, 0) is 41.7 Å². The highest BCUT2D eigenvalue weighted by atomic mass is 16.5. The van der Waals surface area contributed by atoms with Crippen LogP contribution in [0.15, 0.2) is 48.5 Å². The topological polar surface area (TPSA) is 35.2 Å². The average molecular weight is 253 g/mol. The first kappa shape index (κ1) is 12.2. The summed E-state index contributed by atoms with van der Waals surface area (Å²) in [5, 5.41) is 0. The van der Waals surface area contributed by atoms with Crippen LogP contribution >= 0.6 is 0 Å². The van der Waals surface area contributed by atoms with Crippen LogP contribution in [0.5, 0.6) is 5.75 Å². The minimum absolute atomic E-state index is 0.236. The van der Waals surface area contributed by atoms with Gasteiger partial charge < -0.3 is 10.5 Å². The van der Waals surface area contributed by atoms with Gasteiger partial charge in [-0.25, -0.2) is 0 Å². The van der Waals surface area contributed by atoms with Gasteiger partial charge >= 0.3 is 0 Å². The number of hydrogen-bond donors (Lipinski definition) is 1. The quantitative estimate of drug-likeness (QED) is 0.913. The van der Waals surface area contributed by atoms with E-state index in [2.05, 4.69) is 36.4 Å². The standard InChI is InChI=1S/C17H19NO/c1-19-14-8-6-12(7-9-14)10-16-15-5-3-2-4-13(15)11-17(16)18/h2-9,16-17H,10-11,18H2,1H3/t16-,17+/m1/s1. The van der Waals surface area contributed by atoms with E-state index in [0.717, 1.165) is 18.6 Å². The van der Waals surface area contributed by atoms with Gasteiger partial charge in [0.2, 0.25) is 0 Å². The van der Waals surface area contributed by atoms with E-state index in [1.54, 1.807) is 7.11 Å². The van der Waals surface area contributed by atoms with Crippen LogP contribution in [-0.4, -0.2) is 13.2 Å². The van der Waals surface area contributed by atoms with Crippen LogP contribution in [0.25, 0.3) is 0 Å². The SMILES string of the molecule is COc1ccc(C[C@@H]2c3ccccc3C[C@@H]2N)cc1. The molecule has 2 nitrogen and oxygen atoms in total. The molecule has 0 heterocycles. The second-order valence-corrected chi connectivity index (χ2v) is 5.23. The third-order valence-corrected chi connectivity index (χ3v) is 4.04. The van der Waals surface area contributed by atoms with E-state index in [1.165, 1.54) is 16.7 Å². The number of nitrogens with two attached hydrogens (primary N) is 1. The van der Waals surface area contributed by atoms with Crippen LogP contribution < -0.4 is 10.5 Å². The van der Waals surface area contributed by atoms with Gasteiger partial charge in [0.25, 0.3) is 0 Å². The molecular weight excluding hydrogens is 234 g/mol. The van der Waals surface area contributed by atoms with Crippen molar-refractivity contribution >= 4 is 0 Å². The van der Waals surface area contributed by atoms with E-state index in [-0.39, 0.29) is 6.04 Å². The number of rotatable bonds is 3. The summed E-state index contributed by atoms with van der Waals surface area (Å²) in [5.74, 6) is 1.34. The Balaban J connectivity index is 1.82. The summed E-state index contributed by atoms with van der Waals surface area (Å²) >= 11 is 0. The van der Waals surface area contributed by atoms with E-state index in [4.69, 9.17) is 10.5 Å². The Morgan fingerprint density at radius 3 is 2.58 bits per heavy atom. The lowest BCUT2D eigenvalue weighted by molar-refractivity contribution is 0.414. The minimum atomic E-state index is 0.236. The molecule has 0 aliphatic heterocycles. The normalized spacial score (nSPS) is 21.2. The van der Waals surface area contributed by atoms with Crippen LogP contribution in [0.2, 0.25) is 0 Å². The fourth-order valence-corrected chi connectivity index (χ4v) is 2.99. The first-order chi connectivity index (χ1) is 9.28. The smallest absolute Gasteiger partial charge is 0.118 e. The summed E-state index contributed by atoms with van der Waals surface area (Å²) in [4.78, 5) is 0. The number of ether oxygens (including phenoxy) is 1. The lowest BCUT2D eigenvalue weighted by Crippen LogP contribution is -2.26. The fraction of sp³-hybridized carbons (Fsp3) is 0.294. The highest BCUT2D eigenvalue weighted by Crippen LogP contribution is 2.34. The van der Waals surface area contributed by atoms with Crippen molar-refractivity contribution in [2.45, 2.75) is 24.8 Å². The Kier molecular flexibility index (Phi) is 3.26. The van der Waals surface area contributed by atoms with Crippen LogP contribution in [-0.2, 0) is 12.8 Å². The summed E-state index contributed by atoms with van der Waals surface area (Å²) in [5.41, 5.74) is 10.5. The largest absolute Gasteiger partial charge is 0.497 e. The van der Waals surface area contributed by atoms with Crippen molar-refractivity contribution in [3.63, 3.8) is 0 Å². The van der Waals surface area contributed by atoms with Gasteiger partial charge in [0.05, 0.1) is 7.11 Å². The summed E-state index contributed by atoms with van der Waals surface area (Å²) in [6, 6.07) is 17.2. The maximum Gasteiger partial charge on any atom is 0.118 e. The van der Waals surface area contributed by atoms with E-state index >= 15 is 0 Å². The highest BCUT2D eigenvalue weighted by Gasteiger charge is 2.29. The van der Waals surface area contributed by atoms with Gasteiger partial charge in [-0.2, -0.15) is 0 Å². The number of hydrogen-bond acceptors (Lipinski definition) is 2. The van der Waals surface area contributed by atoms with Crippen molar-refractivity contribution in [2.24, 2.45) is 5.73 Å². The third-order valence-electron chi connectivity index (χ3n) is 4.04. The van der Waals surface area contributed by atoms with Gasteiger partial charge in [-0.1, -0.05) is 36.4 Å². The molecule has 2 N–H and O–H groups in total. The van der Waals surface area contributed by atoms with Crippen molar-refractivity contribution < 1.29 is 4.74 Å². The second kappa shape index (κ2) is 5.06. The first-order valence-corrected chi connectivity index (χ1v) is 6.74. The van der Waals surface area contributed by atoms with Gasteiger partial charge in [-0.15, -0.1) is 0 Å². The Morgan fingerprint density at radius 1 is 1.11 bits per heavy atom. The van der Waals surface area contributed by atoms with E-state index < -0.39 is 0 Å². The molecule has 0 saturated heterocycles. The molecular formula is C17H19NO. The van der Waals surface area contributed by atoms with Crippen molar-refractivity contribution in [1.29, 1.82) is 0 Å². The first-order valence-electron chi connectivity index (χ1n) is 6.74. The Bertz CT molecular complexity index is 562. The summed E-state index contributed by atoms with van der Waals surface area (Å²) < 4.78 is 5.19. The van der Waals surface area contributed by atoms with Crippen molar-refractivity contribution in [3.05, 3.63) is 65.2 Å². The molecule has 3 rings (SSSR count). The van der Waals surface area contributed by atoms with Gasteiger partial charge in [0.15, 0.2) is 0 Å². The molecule has 1 aliphatic carbocycles. The average Bonchev–Trinajstić information content (AvgIpc) is 2.76. The maximum atomic E-state index is 6.31. The monoisotopic (exact) mass is 253 g/mol. The molecule has 0 bridgehead atoms. The van der Waals surface area contributed by atoms with E-state index in [1.807, 2.05) is 12.1 Å². The molecule has 0 spiro atoms. The Morgan fingerprint density at radius 2 is 1.84 bits per heavy atom. The molecule has 0 fully saturated rings. The van der Waals surface area contributed by atoms with Crippen LogP contribution in [0.3, 0.4) is 0 Å². The highest BCUT2D eigenvalue weighted by molar-refractivity contribution is 5.39. The molecule has 0 amide bonds. The van der Waals surface area contributed by atoms with Crippen molar-refractivity contribution in [3.8, 4) is 5.75 Å². The predicted octanol–water partition coefficient (Wildman–Crippen LogP) is 2.90. The molecule has 19 heavy (non-hydrogen) atoms. The number of fused-ring (bicyclic) bond motifs is 1. The van der Waals surface area contributed by atoms with Crippen molar-refractivity contribution in [2.75, 3.05) is 7.11 Å². The molecule has 2 heteroatoms. The van der Waals surface area contributed by atoms with Gasteiger partial charge in [-0.3, -0.25) is 0 Å². The lowest BCUT2D eigenvalue weighted by atomic mass is 9.91. The molecule has 2 atom stereocenters. The molecule has 2 aromatic carbocycles. The number of methoxy groups -OCH3 is 1. The Labute approximate surface area is 114 Å². The fourth-order valence-electron chi connectivity index (χ4n) is 2.99. The Hall–Kier alpha value is -1.80. The minimum Gasteiger partial charge on any atom is -0.497 e. The maximum absolute atomic E-state index is 6.31. The van der Waals surface area contributed by atoms with E-state index in [9.17, 15) is 0 Å². The third kappa shape index (κ3) is 2.36. The zero-order valence-electron chi connectivity index (χ0n) is 11.2. The zero-order chi connectivity index (χ0) is 13.2. The van der Waals surface area contributed by atoms with Crippen LogP contribution in [0.4, 0.5) is 0 Å². The molecule has 1 aliphatic rings. The second-order valence-electron chi connectivity index (χ2n) is 5.23. The van der Waals surface area contributed by atoms with Gasteiger partial charge in [0.1, 0.15) is 5.75 Å². The number of benzene rings is 2. The molecule has 2 aromatic rings. The van der Waals surface area contributed by atoms with Crippen LogP contribution in [0, 0.1) is 0 Å². The zero-order valence-corrected chi connectivity index (χ0v) is 11.2. The molecule has 98 valence electrons. The predicted molar refractivity (Wildman–Crippen MR) is 77.6 cm³/mol.